The molecule has 1 aromatic rings. The zero-order valence-corrected chi connectivity index (χ0v) is 9.52. The second kappa shape index (κ2) is 5.06. The van der Waals surface area contributed by atoms with Crippen LogP contribution in [0.3, 0.4) is 0 Å². The highest BCUT2D eigenvalue weighted by molar-refractivity contribution is 6.60. The van der Waals surface area contributed by atoms with Crippen LogP contribution in [0.5, 0.6) is 0 Å². The van der Waals surface area contributed by atoms with E-state index in [1.807, 2.05) is 4.90 Å². The van der Waals surface area contributed by atoms with Gasteiger partial charge in [0.1, 0.15) is 0 Å². The number of hydrogen-bond donors (Lipinski definition) is 2. The summed E-state index contributed by atoms with van der Waals surface area (Å²) in [5.74, 6) is 0. The molecule has 0 saturated carbocycles. The van der Waals surface area contributed by atoms with Gasteiger partial charge in [0.05, 0.1) is 13.2 Å². The van der Waals surface area contributed by atoms with E-state index in [1.54, 1.807) is 18.2 Å². The highest BCUT2D eigenvalue weighted by atomic mass is 35.5. The van der Waals surface area contributed by atoms with Gasteiger partial charge in [-0.25, -0.2) is 0 Å². The zero-order chi connectivity index (χ0) is 11.5. The number of benzene rings is 1. The van der Waals surface area contributed by atoms with E-state index in [4.69, 9.17) is 16.3 Å². The Balaban J connectivity index is 2.32. The van der Waals surface area contributed by atoms with Gasteiger partial charge in [-0.05, 0) is 12.1 Å². The molecule has 0 unspecified atom stereocenters. The highest BCUT2D eigenvalue weighted by Gasteiger charge is 2.21. The summed E-state index contributed by atoms with van der Waals surface area (Å²) >= 11 is 5.92. The number of ether oxygens (including phenoxy) is 1. The summed E-state index contributed by atoms with van der Waals surface area (Å²) in [6, 6.07) is 5.04. The molecule has 1 aromatic carbocycles. The van der Waals surface area contributed by atoms with Gasteiger partial charge >= 0.3 is 7.12 Å². The minimum Gasteiger partial charge on any atom is -0.423 e. The molecule has 1 saturated heterocycles. The van der Waals surface area contributed by atoms with Crippen molar-refractivity contribution in [2.75, 3.05) is 31.2 Å². The van der Waals surface area contributed by atoms with E-state index in [9.17, 15) is 10.0 Å². The van der Waals surface area contributed by atoms with Gasteiger partial charge in [-0.3, -0.25) is 0 Å². The molecular formula is C10H13BClNO3. The number of halogens is 1. The molecule has 1 heterocycles. The average molecular weight is 241 g/mol. The van der Waals surface area contributed by atoms with Gasteiger partial charge in [0, 0.05) is 29.3 Å². The Morgan fingerprint density at radius 2 is 1.94 bits per heavy atom. The van der Waals surface area contributed by atoms with Gasteiger partial charge < -0.3 is 19.7 Å². The lowest BCUT2D eigenvalue weighted by Crippen LogP contribution is -2.42. The number of hydrogen-bond acceptors (Lipinski definition) is 4. The average Bonchev–Trinajstić information content (AvgIpc) is 2.29. The molecule has 0 bridgehead atoms. The van der Waals surface area contributed by atoms with Gasteiger partial charge in [0.25, 0.3) is 0 Å². The number of rotatable bonds is 2. The summed E-state index contributed by atoms with van der Waals surface area (Å²) in [7, 11) is -1.48. The van der Waals surface area contributed by atoms with Gasteiger partial charge in [-0.15, -0.1) is 0 Å². The van der Waals surface area contributed by atoms with Crippen LogP contribution in [-0.4, -0.2) is 43.5 Å². The van der Waals surface area contributed by atoms with Crippen molar-refractivity contribution in [1.29, 1.82) is 0 Å². The van der Waals surface area contributed by atoms with Crippen molar-refractivity contribution >= 4 is 29.9 Å². The number of nitrogens with zero attached hydrogens (tertiary/aromatic N) is 1. The molecule has 0 aliphatic carbocycles. The summed E-state index contributed by atoms with van der Waals surface area (Å²) in [6.07, 6.45) is 0. The molecule has 1 fully saturated rings. The summed E-state index contributed by atoms with van der Waals surface area (Å²) in [5, 5.41) is 19.2. The third kappa shape index (κ3) is 2.49. The molecule has 2 rings (SSSR count). The third-order valence-corrected chi connectivity index (χ3v) is 2.86. The van der Waals surface area contributed by atoms with Crippen molar-refractivity contribution in [1.82, 2.24) is 0 Å². The molecule has 16 heavy (non-hydrogen) atoms. The van der Waals surface area contributed by atoms with E-state index in [0.717, 1.165) is 18.8 Å². The van der Waals surface area contributed by atoms with Gasteiger partial charge in [0.15, 0.2) is 0 Å². The van der Waals surface area contributed by atoms with Crippen LogP contribution >= 0.6 is 11.6 Å². The van der Waals surface area contributed by atoms with E-state index in [-0.39, 0.29) is 0 Å². The maximum Gasteiger partial charge on any atom is 0.490 e. The van der Waals surface area contributed by atoms with Crippen LogP contribution in [0.15, 0.2) is 18.2 Å². The highest BCUT2D eigenvalue weighted by Crippen LogP contribution is 2.19. The summed E-state index contributed by atoms with van der Waals surface area (Å²) < 4.78 is 5.25. The van der Waals surface area contributed by atoms with Crippen LogP contribution < -0.4 is 10.4 Å². The molecular weight excluding hydrogens is 228 g/mol. The molecule has 6 heteroatoms. The minimum atomic E-state index is -1.48. The van der Waals surface area contributed by atoms with E-state index in [0.29, 0.717) is 23.7 Å². The maximum absolute atomic E-state index is 9.28. The molecule has 86 valence electrons. The van der Waals surface area contributed by atoms with Crippen LogP contribution in [0.2, 0.25) is 5.02 Å². The Kier molecular flexibility index (Phi) is 3.71. The van der Waals surface area contributed by atoms with Crippen molar-refractivity contribution in [3.05, 3.63) is 23.2 Å². The van der Waals surface area contributed by atoms with Crippen LogP contribution in [0.1, 0.15) is 0 Å². The number of morpholine rings is 1. The molecule has 0 spiro atoms. The fourth-order valence-electron chi connectivity index (χ4n) is 1.81. The van der Waals surface area contributed by atoms with Crippen molar-refractivity contribution in [3.8, 4) is 0 Å². The Hall–Kier alpha value is -0.745. The van der Waals surface area contributed by atoms with Crippen LogP contribution in [0.4, 0.5) is 5.69 Å². The van der Waals surface area contributed by atoms with E-state index in [2.05, 4.69) is 0 Å². The van der Waals surface area contributed by atoms with Crippen molar-refractivity contribution in [3.63, 3.8) is 0 Å². The van der Waals surface area contributed by atoms with Crippen molar-refractivity contribution < 1.29 is 14.8 Å². The zero-order valence-electron chi connectivity index (χ0n) is 8.77. The maximum atomic E-state index is 9.28. The minimum absolute atomic E-state index is 0.478. The van der Waals surface area contributed by atoms with E-state index in [1.165, 1.54) is 0 Å². The monoisotopic (exact) mass is 241 g/mol. The Morgan fingerprint density at radius 3 is 2.56 bits per heavy atom. The largest absolute Gasteiger partial charge is 0.490 e. The summed E-state index contributed by atoms with van der Waals surface area (Å²) in [5.41, 5.74) is 1.25. The first-order chi connectivity index (χ1) is 7.68. The lowest BCUT2D eigenvalue weighted by Gasteiger charge is -2.30. The predicted octanol–water partition coefficient (Wildman–Crippen LogP) is -0.144. The third-order valence-electron chi connectivity index (χ3n) is 2.62. The van der Waals surface area contributed by atoms with Crippen LogP contribution in [-0.2, 0) is 4.74 Å². The first-order valence-electron chi connectivity index (χ1n) is 5.17. The normalized spacial score (nSPS) is 16.3. The fraction of sp³-hybridized carbons (Fsp3) is 0.400. The molecule has 0 amide bonds. The van der Waals surface area contributed by atoms with Crippen LogP contribution in [0.25, 0.3) is 0 Å². The van der Waals surface area contributed by atoms with E-state index < -0.39 is 7.12 Å². The smallest absolute Gasteiger partial charge is 0.423 e. The molecule has 0 atom stereocenters. The first-order valence-corrected chi connectivity index (χ1v) is 5.54. The predicted molar refractivity (Wildman–Crippen MR) is 64.3 cm³/mol. The Bertz CT molecular complexity index is 369. The SMILES string of the molecule is OB(O)c1ccc(Cl)cc1N1CCOCC1. The molecule has 0 aromatic heterocycles. The quantitative estimate of drug-likeness (QED) is 0.708. The fourth-order valence-corrected chi connectivity index (χ4v) is 1.98. The van der Waals surface area contributed by atoms with Crippen LogP contribution in [0, 0.1) is 0 Å². The van der Waals surface area contributed by atoms with Crippen molar-refractivity contribution in [2.45, 2.75) is 0 Å². The Labute approximate surface area is 99.5 Å². The summed E-state index contributed by atoms with van der Waals surface area (Å²) in [4.78, 5) is 2.05. The second-order valence-corrected chi connectivity index (χ2v) is 4.11. The molecule has 4 nitrogen and oxygen atoms in total. The Morgan fingerprint density at radius 1 is 1.25 bits per heavy atom. The van der Waals surface area contributed by atoms with Crippen molar-refractivity contribution in [2.24, 2.45) is 0 Å². The summed E-state index contributed by atoms with van der Waals surface area (Å²) in [6.45, 7) is 2.76. The number of anilines is 1. The van der Waals surface area contributed by atoms with Gasteiger partial charge in [0.2, 0.25) is 0 Å². The van der Waals surface area contributed by atoms with E-state index >= 15 is 0 Å². The molecule has 1 aliphatic heterocycles. The standard InChI is InChI=1S/C10H13BClNO3/c12-8-1-2-9(11(14)15)10(7-8)13-3-5-16-6-4-13/h1-2,7,14-15H,3-6H2. The second-order valence-electron chi connectivity index (χ2n) is 3.68. The lowest BCUT2D eigenvalue weighted by molar-refractivity contribution is 0.123. The lowest BCUT2D eigenvalue weighted by atomic mass is 9.78. The molecule has 2 N–H and O–H groups in total. The van der Waals surface area contributed by atoms with Gasteiger partial charge in [-0.2, -0.15) is 0 Å². The van der Waals surface area contributed by atoms with Gasteiger partial charge in [-0.1, -0.05) is 17.7 Å². The molecule has 0 radical (unpaired) electrons. The first kappa shape index (κ1) is 11.7. The molecule has 1 aliphatic rings. The topological polar surface area (TPSA) is 52.9 Å².